The Morgan fingerprint density at radius 1 is 0.963 bits per heavy atom. The highest BCUT2D eigenvalue weighted by Gasteiger charge is 2.18. The Balaban J connectivity index is 1.60. The summed E-state index contributed by atoms with van der Waals surface area (Å²) in [6, 6.07) is 18.0. The Bertz CT molecular complexity index is 961. The molecule has 3 aromatic rings. The summed E-state index contributed by atoms with van der Waals surface area (Å²) in [7, 11) is 0. The van der Waals surface area contributed by atoms with Crippen LogP contribution in [0.1, 0.15) is 25.6 Å². The van der Waals surface area contributed by atoms with E-state index >= 15 is 0 Å². The van der Waals surface area contributed by atoms with E-state index in [4.69, 9.17) is 4.74 Å². The Labute approximate surface area is 160 Å². The summed E-state index contributed by atoms with van der Waals surface area (Å²) < 4.78 is 5.08. The van der Waals surface area contributed by atoms with Crippen molar-refractivity contribution in [3.05, 3.63) is 82.0 Å². The first-order valence-electron chi connectivity index (χ1n) is 8.25. The highest BCUT2D eigenvalue weighted by molar-refractivity contribution is 7.12. The van der Waals surface area contributed by atoms with Crippen LogP contribution >= 0.6 is 11.3 Å². The molecule has 0 bridgehead atoms. The highest BCUT2D eigenvalue weighted by atomic mass is 32.1. The summed E-state index contributed by atoms with van der Waals surface area (Å²) in [6.45, 7) is 1.46. The molecule has 5 nitrogen and oxygen atoms in total. The molecule has 0 aliphatic rings. The van der Waals surface area contributed by atoms with Crippen molar-refractivity contribution in [3.63, 3.8) is 0 Å². The molecule has 1 heterocycles. The number of thiophene rings is 1. The number of esters is 1. The summed E-state index contributed by atoms with van der Waals surface area (Å²) in [6.07, 6.45) is 0. The van der Waals surface area contributed by atoms with E-state index in [1.165, 1.54) is 11.3 Å². The Morgan fingerprint density at radius 3 is 2.37 bits per heavy atom. The third-order valence-electron chi connectivity index (χ3n) is 3.84. The first-order chi connectivity index (χ1) is 13.0. The average molecular weight is 379 g/mol. The molecular formula is C21H17NO4S. The fraction of sp³-hybridized carbons (Fsp3) is 0.0952. The van der Waals surface area contributed by atoms with Gasteiger partial charge in [0.2, 0.25) is 0 Å². The van der Waals surface area contributed by atoms with Gasteiger partial charge in [-0.05, 0) is 36.1 Å². The fourth-order valence-corrected chi connectivity index (χ4v) is 3.26. The van der Waals surface area contributed by atoms with Gasteiger partial charge in [-0.2, -0.15) is 0 Å². The van der Waals surface area contributed by atoms with Crippen LogP contribution in [0.15, 0.2) is 66.0 Å². The summed E-state index contributed by atoms with van der Waals surface area (Å²) in [5, 5.41) is 3.99. The smallest absolute Gasteiger partial charge is 0.349 e. The number of hydrogen-bond acceptors (Lipinski definition) is 5. The molecule has 0 spiro atoms. The van der Waals surface area contributed by atoms with E-state index in [1.807, 2.05) is 37.3 Å². The number of hydrogen-bond donors (Lipinski definition) is 1. The van der Waals surface area contributed by atoms with Crippen molar-refractivity contribution in [2.45, 2.75) is 6.92 Å². The molecule has 6 heteroatoms. The maximum absolute atomic E-state index is 12.4. The minimum atomic E-state index is -0.675. The molecule has 0 saturated carbocycles. The van der Waals surface area contributed by atoms with E-state index < -0.39 is 24.4 Å². The molecule has 1 N–H and O–H groups in total. The molecule has 0 aliphatic carbocycles. The molecule has 2 aromatic carbocycles. The maximum atomic E-state index is 12.4. The number of carbonyl (C=O) groups is 3. The Hall–Kier alpha value is -3.25. The Kier molecular flexibility index (Phi) is 5.78. The van der Waals surface area contributed by atoms with Crippen molar-refractivity contribution in [2.75, 3.05) is 6.61 Å². The van der Waals surface area contributed by atoms with Gasteiger partial charge in [0, 0.05) is 11.1 Å². The SMILES string of the molecule is Cc1ccc(-c2ccsc2C(=O)OCC(=O)NC(=O)c2ccccc2)cc1. The lowest BCUT2D eigenvalue weighted by Crippen LogP contribution is -2.34. The summed E-state index contributed by atoms with van der Waals surface area (Å²) in [4.78, 5) is 36.6. The van der Waals surface area contributed by atoms with Crippen LogP contribution in [0.3, 0.4) is 0 Å². The van der Waals surface area contributed by atoms with Gasteiger partial charge in [-0.1, -0.05) is 48.0 Å². The van der Waals surface area contributed by atoms with Crippen molar-refractivity contribution < 1.29 is 19.1 Å². The van der Waals surface area contributed by atoms with Crippen LogP contribution in [0.5, 0.6) is 0 Å². The van der Waals surface area contributed by atoms with Gasteiger partial charge in [-0.3, -0.25) is 14.9 Å². The number of nitrogens with one attached hydrogen (secondary N) is 1. The second-order valence-electron chi connectivity index (χ2n) is 5.85. The molecule has 1 aromatic heterocycles. The number of rotatable bonds is 5. The lowest BCUT2D eigenvalue weighted by Gasteiger charge is -2.07. The van der Waals surface area contributed by atoms with E-state index in [1.54, 1.807) is 35.7 Å². The maximum Gasteiger partial charge on any atom is 0.349 e. The van der Waals surface area contributed by atoms with Crippen molar-refractivity contribution in [1.29, 1.82) is 0 Å². The Morgan fingerprint density at radius 2 is 1.67 bits per heavy atom. The fourth-order valence-electron chi connectivity index (χ4n) is 2.45. The van der Waals surface area contributed by atoms with Gasteiger partial charge in [-0.25, -0.2) is 4.79 Å². The van der Waals surface area contributed by atoms with Gasteiger partial charge in [0.15, 0.2) is 6.61 Å². The number of benzene rings is 2. The van der Waals surface area contributed by atoms with Gasteiger partial charge in [0.1, 0.15) is 4.88 Å². The molecule has 3 rings (SSSR count). The van der Waals surface area contributed by atoms with Crippen LogP contribution in [0.2, 0.25) is 0 Å². The van der Waals surface area contributed by atoms with Crippen molar-refractivity contribution in [2.24, 2.45) is 0 Å². The average Bonchev–Trinajstić information content (AvgIpc) is 3.17. The largest absolute Gasteiger partial charge is 0.451 e. The quantitative estimate of drug-likeness (QED) is 0.684. The van der Waals surface area contributed by atoms with Crippen molar-refractivity contribution >= 4 is 29.1 Å². The minimum Gasteiger partial charge on any atom is -0.451 e. The van der Waals surface area contributed by atoms with Crippen LogP contribution in [0.25, 0.3) is 11.1 Å². The first kappa shape index (κ1) is 18.5. The second kappa shape index (κ2) is 8.42. The number of imide groups is 1. The van der Waals surface area contributed by atoms with Gasteiger partial charge < -0.3 is 4.74 Å². The molecule has 27 heavy (non-hydrogen) atoms. The molecule has 0 radical (unpaired) electrons. The topological polar surface area (TPSA) is 72.5 Å². The third kappa shape index (κ3) is 4.68. The van der Waals surface area contributed by atoms with E-state index in [0.29, 0.717) is 10.4 Å². The normalized spacial score (nSPS) is 10.3. The predicted octanol–water partition coefficient (Wildman–Crippen LogP) is 3.84. The second-order valence-corrected chi connectivity index (χ2v) is 6.76. The summed E-state index contributed by atoms with van der Waals surface area (Å²) in [5.41, 5.74) is 3.14. The molecular weight excluding hydrogens is 362 g/mol. The number of aryl methyl sites for hydroxylation is 1. The zero-order chi connectivity index (χ0) is 19.2. The predicted molar refractivity (Wildman–Crippen MR) is 104 cm³/mol. The molecule has 0 atom stereocenters. The third-order valence-corrected chi connectivity index (χ3v) is 4.73. The number of ether oxygens (including phenoxy) is 1. The van der Waals surface area contributed by atoms with Crippen LogP contribution in [0, 0.1) is 6.92 Å². The van der Waals surface area contributed by atoms with Crippen LogP contribution in [0.4, 0.5) is 0 Å². The first-order valence-corrected chi connectivity index (χ1v) is 9.13. The highest BCUT2D eigenvalue weighted by Crippen LogP contribution is 2.29. The lowest BCUT2D eigenvalue weighted by molar-refractivity contribution is -0.123. The van der Waals surface area contributed by atoms with Gasteiger partial charge in [-0.15, -0.1) is 11.3 Å². The molecule has 0 fully saturated rings. The van der Waals surface area contributed by atoms with Gasteiger partial charge in [0.05, 0.1) is 0 Å². The van der Waals surface area contributed by atoms with E-state index in [2.05, 4.69) is 5.32 Å². The minimum absolute atomic E-state index is 0.358. The molecule has 0 aliphatic heterocycles. The van der Waals surface area contributed by atoms with E-state index in [9.17, 15) is 14.4 Å². The monoisotopic (exact) mass is 379 g/mol. The lowest BCUT2D eigenvalue weighted by atomic mass is 10.1. The standard InChI is InChI=1S/C21H17NO4S/c1-14-7-9-15(10-8-14)17-11-12-27-19(17)21(25)26-13-18(23)22-20(24)16-5-3-2-4-6-16/h2-12H,13H2,1H3,(H,22,23,24). The van der Waals surface area contributed by atoms with Crippen LogP contribution < -0.4 is 5.32 Å². The van der Waals surface area contributed by atoms with Crippen molar-refractivity contribution in [1.82, 2.24) is 5.32 Å². The molecule has 136 valence electrons. The molecule has 0 saturated heterocycles. The number of carbonyl (C=O) groups excluding carboxylic acids is 3. The van der Waals surface area contributed by atoms with Gasteiger partial charge >= 0.3 is 5.97 Å². The van der Waals surface area contributed by atoms with E-state index in [-0.39, 0.29) is 0 Å². The van der Waals surface area contributed by atoms with Gasteiger partial charge in [0.25, 0.3) is 11.8 Å². The van der Waals surface area contributed by atoms with E-state index in [0.717, 1.165) is 16.7 Å². The molecule has 0 unspecified atom stereocenters. The molecule has 2 amide bonds. The van der Waals surface area contributed by atoms with Crippen molar-refractivity contribution in [3.8, 4) is 11.1 Å². The number of amides is 2. The summed E-state index contributed by atoms with van der Waals surface area (Å²) >= 11 is 1.25. The van der Waals surface area contributed by atoms with Crippen LogP contribution in [-0.4, -0.2) is 24.4 Å². The van der Waals surface area contributed by atoms with Crippen LogP contribution in [-0.2, 0) is 9.53 Å². The zero-order valence-electron chi connectivity index (χ0n) is 14.6. The zero-order valence-corrected chi connectivity index (χ0v) is 15.4. The summed E-state index contributed by atoms with van der Waals surface area (Å²) in [5.74, 6) is -1.80.